The zero-order chi connectivity index (χ0) is 15.4. The van der Waals surface area contributed by atoms with Gasteiger partial charge in [0, 0.05) is 34.3 Å². The number of hydrogen-bond acceptors (Lipinski definition) is 4. The van der Waals surface area contributed by atoms with Gasteiger partial charge in [-0.05, 0) is 30.2 Å². The van der Waals surface area contributed by atoms with Crippen molar-refractivity contribution in [2.75, 3.05) is 0 Å². The van der Waals surface area contributed by atoms with E-state index in [0.29, 0.717) is 11.5 Å². The third-order valence-electron chi connectivity index (χ3n) is 3.24. The molecule has 0 bridgehead atoms. The predicted octanol–water partition coefficient (Wildman–Crippen LogP) is 3.34. The van der Waals surface area contributed by atoms with E-state index in [9.17, 15) is 4.21 Å². The van der Waals surface area contributed by atoms with Crippen LogP contribution < -0.4 is 0 Å². The molecule has 0 saturated heterocycles. The van der Waals surface area contributed by atoms with Crippen molar-refractivity contribution < 1.29 is 4.21 Å². The first-order valence-corrected chi connectivity index (χ1v) is 9.48. The number of aromatic nitrogens is 3. The summed E-state index contributed by atoms with van der Waals surface area (Å²) in [6.45, 7) is 2.08. The van der Waals surface area contributed by atoms with Crippen LogP contribution in [0.15, 0.2) is 48.1 Å². The van der Waals surface area contributed by atoms with Crippen LogP contribution in [0.2, 0.25) is 0 Å². The molecule has 3 aromatic rings. The third kappa shape index (κ3) is 3.69. The van der Waals surface area contributed by atoms with Gasteiger partial charge in [0.25, 0.3) is 0 Å². The maximum absolute atomic E-state index is 12.3. The summed E-state index contributed by atoms with van der Waals surface area (Å²) < 4.78 is 14.1. The fourth-order valence-corrected chi connectivity index (χ4v) is 4.14. The Morgan fingerprint density at radius 2 is 2.05 bits per heavy atom. The number of rotatable bonds is 6. The molecule has 2 heterocycles. The monoisotopic (exact) mass is 331 g/mol. The van der Waals surface area contributed by atoms with Gasteiger partial charge in [-0.2, -0.15) is 5.10 Å². The molecule has 3 rings (SSSR count). The second-order valence-corrected chi connectivity index (χ2v) is 7.33. The van der Waals surface area contributed by atoms with Crippen LogP contribution >= 0.6 is 11.3 Å². The fraction of sp³-hybridized carbons (Fsp3) is 0.250. The highest BCUT2D eigenvalue weighted by atomic mass is 32.2. The van der Waals surface area contributed by atoms with Gasteiger partial charge < -0.3 is 0 Å². The highest BCUT2D eigenvalue weighted by molar-refractivity contribution is 7.83. The summed E-state index contributed by atoms with van der Waals surface area (Å²) in [6, 6.07) is 9.90. The van der Waals surface area contributed by atoms with Gasteiger partial charge in [0.05, 0.1) is 22.1 Å². The molecule has 6 heteroatoms. The zero-order valence-electron chi connectivity index (χ0n) is 12.3. The van der Waals surface area contributed by atoms with Gasteiger partial charge in [-0.1, -0.05) is 19.1 Å². The average molecular weight is 331 g/mol. The summed E-state index contributed by atoms with van der Waals surface area (Å²) in [5.41, 5.74) is 3.01. The van der Waals surface area contributed by atoms with Crippen molar-refractivity contribution in [3.8, 4) is 5.69 Å². The molecule has 1 aromatic carbocycles. The van der Waals surface area contributed by atoms with Crippen molar-refractivity contribution >= 4 is 22.1 Å². The average Bonchev–Trinajstić information content (AvgIpc) is 3.19. The molecule has 0 unspecified atom stereocenters. The van der Waals surface area contributed by atoms with Crippen molar-refractivity contribution in [3.05, 3.63) is 64.4 Å². The van der Waals surface area contributed by atoms with Crippen LogP contribution in [0.5, 0.6) is 0 Å². The molecule has 0 aliphatic carbocycles. The summed E-state index contributed by atoms with van der Waals surface area (Å²) in [6.07, 6.45) is 4.59. The molecule has 0 saturated carbocycles. The Morgan fingerprint density at radius 3 is 2.68 bits per heavy atom. The van der Waals surface area contributed by atoms with Gasteiger partial charge in [-0.25, -0.2) is 9.67 Å². The molecule has 0 aliphatic heterocycles. The highest BCUT2D eigenvalue weighted by Crippen LogP contribution is 2.15. The quantitative estimate of drug-likeness (QED) is 0.696. The Kier molecular flexibility index (Phi) is 4.80. The lowest BCUT2D eigenvalue weighted by Gasteiger charge is -2.04. The smallest absolute Gasteiger partial charge is 0.0925 e. The number of benzene rings is 1. The van der Waals surface area contributed by atoms with Crippen LogP contribution in [0, 0.1) is 0 Å². The number of hydrogen-bond donors (Lipinski definition) is 0. The summed E-state index contributed by atoms with van der Waals surface area (Å²) in [7, 11) is -0.932. The molecule has 22 heavy (non-hydrogen) atoms. The van der Waals surface area contributed by atoms with Crippen LogP contribution in [0.25, 0.3) is 5.69 Å². The second-order valence-electron chi connectivity index (χ2n) is 4.93. The first-order chi connectivity index (χ1) is 10.7. The second kappa shape index (κ2) is 6.98. The van der Waals surface area contributed by atoms with E-state index in [-0.39, 0.29) is 0 Å². The minimum absolute atomic E-state index is 0.525. The molecule has 0 fully saturated rings. The van der Waals surface area contributed by atoms with Gasteiger partial charge >= 0.3 is 0 Å². The first-order valence-electron chi connectivity index (χ1n) is 7.12. The molecule has 2 aromatic heterocycles. The Morgan fingerprint density at radius 1 is 1.23 bits per heavy atom. The van der Waals surface area contributed by atoms with E-state index in [1.807, 2.05) is 46.6 Å². The minimum atomic E-state index is -0.932. The summed E-state index contributed by atoms with van der Waals surface area (Å²) in [5, 5.41) is 7.31. The number of nitrogens with zero attached hydrogens (tertiary/aromatic N) is 3. The Hall–Kier alpha value is -1.79. The van der Waals surface area contributed by atoms with E-state index in [0.717, 1.165) is 28.4 Å². The lowest BCUT2D eigenvalue weighted by atomic mass is 10.2. The molecule has 1 atom stereocenters. The van der Waals surface area contributed by atoms with E-state index in [4.69, 9.17) is 0 Å². The van der Waals surface area contributed by atoms with E-state index in [1.165, 1.54) is 0 Å². The van der Waals surface area contributed by atoms with E-state index in [2.05, 4.69) is 17.0 Å². The SMILES string of the molecule is CCc1nc(C[S@@](=O)Cc2ccc(-n3cccn3)cc2)cs1. The van der Waals surface area contributed by atoms with E-state index >= 15 is 0 Å². The molecular weight excluding hydrogens is 314 g/mol. The molecule has 114 valence electrons. The van der Waals surface area contributed by atoms with Crippen molar-refractivity contribution in [1.29, 1.82) is 0 Å². The van der Waals surface area contributed by atoms with Crippen molar-refractivity contribution in [3.63, 3.8) is 0 Å². The molecule has 0 aliphatic rings. The standard InChI is InChI=1S/C16H17N3OS2/c1-2-16-18-14(10-21-16)12-22(20)11-13-4-6-15(7-5-13)19-9-3-8-17-19/h3-10H,2,11-12H2,1H3/t22-/m0/s1. The maximum Gasteiger partial charge on any atom is 0.0925 e. The van der Waals surface area contributed by atoms with Crippen LogP contribution in [0.3, 0.4) is 0 Å². The lowest BCUT2D eigenvalue weighted by Crippen LogP contribution is -2.01. The number of thiazole rings is 1. The lowest BCUT2D eigenvalue weighted by molar-refractivity contribution is 0.681. The first kappa shape index (κ1) is 15.1. The largest absolute Gasteiger partial charge is 0.259 e. The summed E-state index contributed by atoms with van der Waals surface area (Å²) in [5.74, 6) is 1.08. The van der Waals surface area contributed by atoms with Crippen LogP contribution in [0.4, 0.5) is 0 Å². The Balaban J connectivity index is 1.61. The van der Waals surface area contributed by atoms with Gasteiger partial charge in [0.15, 0.2) is 0 Å². The number of aryl methyl sites for hydroxylation is 1. The normalized spacial score (nSPS) is 12.4. The van der Waals surface area contributed by atoms with Crippen molar-refractivity contribution in [2.45, 2.75) is 24.9 Å². The highest BCUT2D eigenvalue weighted by Gasteiger charge is 2.07. The van der Waals surface area contributed by atoms with E-state index < -0.39 is 10.8 Å². The molecular formula is C16H17N3OS2. The Bertz CT molecular complexity index is 748. The van der Waals surface area contributed by atoms with Crippen LogP contribution in [0.1, 0.15) is 23.2 Å². The Labute approximate surface area is 136 Å². The van der Waals surface area contributed by atoms with Gasteiger partial charge in [0.1, 0.15) is 0 Å². The predicted molar refractivity (Wildman–Crippen MR) is 90.6 cm³/mol. The third-order valence-corrected chi connectivity index (χ3v) is 5.56. The van der Waals surface area contributed by atoms with Crippen LogP contribution in [-0.2, 0) is 28.7 Å². The van der Waals surface area contributed by atoms with Crippen LogP contribution in [-0.4, -0.2) is 19.0 Å². The molecule has 0 N–H and O–H groups in total. The molecule has 0 amide bonds. The molecule has 4 nitrogen and oxygen atoms in total. The fourth-order valence-electron chi connectivity index (χ4n) is 2.15. The maximum atomic E-state index is 12.3. The minimum Gasteiger partial charge on any atom is -0.259 e. The van der Waals surface area contributed by atoms with Gasteiger partial charge in [0.2, 0.25) is 0 Å². The molecule has 0 radical (unpaired) electrons. The summed E-state index contributed by atoms with van der Waals surface area (Å²) in [4.78, 5) is 4.47. The van der Waals surface area contributed by atoms with Crippen molar-refractivity contribution in [2.24, 2.45) is 0 Å². The van der Waals surface area contributed by atoms with Crippen molar-refractivity contribution in [1.82, 2.24) is 14.8 Å². The summed E-state index contributed by atoms with van der Waals surface area (Å²) >= 11 is 1.64. The molecule has 0 spiro atoms. The topological polar surface area (TPSA) is 47.8 Å². The zero-order valence-corrected chi connectivity index (χ0v) is 13.9. The van der Waals surface area contributed by atoms with Gasteiger partial charge in [-0.3, -0.25) is 4.21 Å². The van der Waals surface area contributed by atoms with Gasteiger partial charge in [-0.15, -0.1) is 11.3 Å². The van der Waals surface area contributed by atoms with E-state index in [1.54, 1.807) is 17.5 Å².